The number of non-ortho nitro benzene ring substituents is 1. The Morgan fingerprint density at radius 2 is 2.12 bits per heavy atom. The van der Waals surface area contributed by atoms with Gasteiger partial charge in [-0.1, -0.05) is 15.9 Å². The van der Waals surface area contributed by atoms with Gasteiger partial charge < -0.3 is 5.32 Å². The lowest BCUT2D eigenvalue weighted by Gasteiger charge is -2.04. The minimum atomic E-state index is -2.43. The summed E-state index contributed by atoms with van der Waals surface area (Å²) in [7, 11) is 0. The van der Waals surface area contributed by atoms with Gasteiger partial charge in [-0.25, -0.2) is 8.78 Å². The monoisotopic (exact) mass is 294 g/mol. The number of nitro groups is 1. The van der Waals surface area contributed by atoms with Gasteiger partial charge in [0, 0.05) is 23.2 Å². The van der Waals surface area contributed by atoms with Crippen molar-refractivity contribution in [3.8, 4) is 0 Å². The number of nitrogens with zero attached hydrogens (tertiary/aromatic N) is 1. The third-order valence-corrected chi connectivity index (χ3v) is 2.24. The van der Waals surface area contributed by atoms with E-state index in [9.17, 15) is 18.9 Å². The Hall–Kier alpha value is -1.08. The van der Waals surface area contributed by atoms with E-state index in [4.69, 9.17) is 0 Å². The number of rotatable bonds is 5. The summed E-state index contributed by atoms with van der Waals surface area (Å²) < 4.78 is 24.2. The molecule has 1 aromatic carbocycles. The fourth-order valence-electron chi connectivity index (χ4n) is 1.17. The number of hydrogen-bond donors (Lipinski definition) is 1. The summed E-state index contributed by atoms with van der Waals surface area (Å²) in [6.07, 6.45) is -2.43. The smallest absolute Gasteiger partial charge is 0.270 e. The van der Waals surface area contributed by atoms with Crippen molar-refractivity contribution in [2.24, 2.45) is 0 Å². The number of hydrogen-bond acceptors (Lipinski definition) is 3. The molecule has 0 aromatic heterocycles. The molecule has 0 spiro atoms. The third kappa shape index (κ3) is 4.19. The molecule has 88 valence electrons. The second kappa shape index (κ2) is 5.86. The summed E-state index contributed by atoms with van der Waals surface area (Å²) in [5, 5.41) is 13.0. The highest BCUT2D eigenvalue weighted by molar-refractivity contribution is 9.10. The first-order chi connectivity index (χ1) is 7.49. The predicted molar refractivity (Wildman–Crippen MR) is 58.5 cm³/mol. The molecule has 0 radical (unpaired) electrons. The zero-order chi connectivity index (χ0) is 12.1. The van der Waals surface area contributed by atoms with Crippen molar-refractivity contribution in [1.82, 2.24) is 5.32 Å². The zero-order valence-corrected chi connectivity index (χ0v) is 9.71. The summed E-state index contributed by atoms with van der Waals surface area (Å²) in [6, 6.07) is 4.35. The molecule has 4 nitrogen and oxygen atoms in total. The molecule has 0 atom stereocenters. The lowest BCUT2D eigenvalue weighted by molar-refractivity contribution is -0.385. The van der Waals surface area contributed by atoms with Crippen LogP contribution >= 0.6 is 15.9 Å². The molecular formula is C9H9BrF2N2O2. The maximum atomic E-state index is 11.8. The van der Waals surface area contributed by atoms with Gasteiger partial charge in [0.1, 0.15) is 0 Å². The summed E-state index contributed by atoms with van der Waals surface area (Å²) in [5.74, 6) is 0. The quantitative estimate of drug-likeness (QED) is 0.671. The van der Waals surface area contributed by atoms with Gasteiger partial charge in [0.25, 0.3) is 12.1 Å². The Balaban J connectivity index is 2.69. The Morgan fingerprint density at radius 3 is 2.69 bits per heavy atom. The summed E-state index contributed by atoms with van der Waals surface area (Å²) in [5.41, 5.74) is 0.518. The van der Waals surface area contributed by atoms with Gasteiger partial charge in [-0.15, -0.1) is 0 Å². The molecule has 0 heterocycles. The van der Waals surface area contributed by atoms with Crippen LogP contribution < -0.4 is 5.32 Å². The van der Waals surface area contributed by atoms with Crippen LogP contribution in [0.1, 0.15) is 5.56 Å². The van der Waals surface area contributed by atoms with Gasteiger partial charge >= 0.3 is 0 Å². The highest BCUT2D eigenvalue weighted by atomic mass is 79.9. The fraction of sp³-hybridized carbons (Fsp3) is 0.333. The molecular weight excluding hydrogens is 286 g/mol. The number of nitrogens with one attached hydrogen (secondary N) is 1. The normalized spacial score (nSPS) is 10.8. The van der Waals surface area contributed by atoms with Crippen LogP contribution in [0.15, 0.2) is 22.7 Å². The van der Waals surface area contributed by atoms with E-state index in [1.54, 1.807) is 6.07 Å². The molecule has 0 saturated carbocycles. The van der Waals surface area contributed by atoms with E-state index < -0.39 is 17.9 Å². The molecule has 16 heavy (non-hydrogen) atoms. The minimum Gasteiger partial charge on any atom is -0.307 e. The predicted octanol–water partition coefficient (Wildman–Crippen LogP) is 2.71. The summed E-state index contributed by atoms with van der Waals surface area (Å²) >= 11 is 3.12. The van der Waals surface area contributed by atoms with Gasteiger partial charge in [-0.2, -0.15) is 0 Å². The van der Waals surface area contributed by atoms with E-state index in [2.05, 4.69) is 21.2 Å². The van der Waals surface area contributed by atoms with Gasteiger partial charge in [0.05, 0.1) is 11.5 Å². The van der Waals surface area contributed by atoms with Crippen molar-refractivity contribution in [2.45, 2.75) is 13.0 Å². The van der Waals surface area contributed by atoms with Gasteiger partial charge in [-0.05, 0) is 11.6 Å². The molecule has 0 aliphatic heterocycles. The van der Waals surface area contributed by atoms with Gasteiger partial charge in [-0.3, -0.25) is 10.1 Å². The molecule has 0 saturated heterocycles. The second-order valence-electron chi connectivity index (χ2n) is 3.10. The lowest BCUT2D eigenvalue weighted by Crippen LogP contribution is -2.20. The highest BCUT2D eigenvalue weighted by Crippen LogP contribution is 2.21. The fourth-order valence-corrected chi connectivity index (χ4v) is 1.70. The number of halogens is 3. The Morgan fingerprint density at radius 1 is 1.44 bits per heavy atom. The molecule has 0 unspecified atom stereocenters. The van der Waals surface area contributed by atoms with Crippen LogP contribution in [0.25, 0.3) is 0 Å². The molecule has 1 N–H and O–H groups in total. The number of alkyl halides is 2. The van der Waals surface area contributed by atoms with E-state index >= 15 is 0 Å². The zero-order valence-electron chi connectivity index (χ0n) is 8.12. The Labute approximate surface area is 98.9 Å². The van der Waals surface area contributed by atoms with Crippen molar-refractivity contribution in [3.63, 3.8) is 0 Å². The maximum absolute atomic E-state index is 11.8. The topological polar surface area (TPSA) is 55.2 Å². The first-order valence-electron chi connectivity index (χ1n) is 4.42. The SMILES string of the molecule is O=[N+]([O-])c1cc(Br)cc(CNCC(F)F)c1. The average Bonchev–Trinajstić information content (AvgIpc) is 2.16. The second-order valence-corrected chi connectivity index (χ2v) is 4.01. The highest BCUT2D eigenvalue weighted by Gasteiger charge is 2.09. The Kier molecular flexibility index (Phi) is 4.75. The van der Waals surface area contributed by atoms with Crippen molar-refractivity contribution in [2.75, 3.05) is 6.54 Å². The number of nitro benzene ring substituents is 1. The maximum Gasteiger partial charge on any atom is 0.270 e. The van der Waals surface area contributed by atoms with E-state index in [1.165, 1.54) is 12.1 Å². The molecule has 0 fully saturated rings. The average molecular weight is 295 g/mol. The summed E-state index contributed by atoms with van der Waals surface area (Å²) in [4.78, 5) is 10.0. The van der Waals surface area contributed by atoms with Crippen LogP contribution in [0.5, 0.6) is 0 Å². The Bertz CT molecular complexity index is 388. The molecule has 7 heteroatoms. The summed E-state index contributed by atoms with van der Waals surface area (Å²) in [6.45, 7) is -0.259. The number of benzene rings is 1. The molecule has 0 aliphatic rings. The molecule has 0 amide bonds. The van der Waals surface area contributed by atoms with Gasteiger partial charge in [0.15, 0.2) is 0 Å². The first-order valence-corrected chi connectivity index (χ1v) is 5.21. The third-order valence-electron chi connectivity index (χ3n) is 1.78. The van der Waals surface area contributed by atoms with E-state index in [1.807, 2.05) is 0 Å². The van der Waals surface area contributed by atoms with Crippen molar-refractivity contribution >= 4 is 21.6 Å². The minimum absolute atomic E-state index is 0.0665. The van der Waals surface area contributed by atoms with Crippen LogP contribution in [0, 0.1) is 10.1 Å². The van der Waals surface area contributed by atoms with E-state index in [0.717, 1.165) is 0 Å². The largest absolute Gasteiger partial charge is 0.307 e. The van der Waals surface area contributed by atoms with Crippen molar-refractivity contribution < 1.29 is 13.7 Å². The first kappa shape index (κ1) is 13.0. The van der Waals surface area contributed by atoms with Crippen LogP contribution in [0.3, 0.4) is 0 Å². The van der Waals surface area contributed by atoms with Crippen molar-refractivity contribution in [3.05, 3.63) is 38.3 Å². The molecule has 0 bridgehead atoms. The van der Waals surface area contributed by atoms with E-state index in [0.29, 0.717) is 10.0 Å². The van der Waals surface area contributed by atoms with Crippen LogP contribution in [0.2, 0.25) is 0 Å². The van der Waals surface area contributed by atoms with Gasteiger partial charge in [0.2, 0.25) is 0 Å². The van der Waals surface area contributed by atoms with E-state index in [-0.39, 0.29) is 12.2 Å². The van der Waals surface area contributed by atoms with Crippen LogP contribution in [-0.2, 0) is 6.54 Å². The molecule has 1 rings (SSSR count). The van der Waals surface area contributed by atoms with Crippen LogP contribution in [0.4, 0.5) is 14.5 Å². The molecule has 0 aliphatic carbocycles. The lowest BCUT2D eigenvalue weighted by atomic mass is 10.2. The standard InChI is InChI=1S/C9H9BrF2N2O2/c10-7-1-6(4-13-5-9(11)12)2-8(3-7)14(15)16/h1-3,9,13H,4-5H2. The molecule has 1 aromatic rings. The van der Waals surface area contributed by atoms with Crippen LogP contribution in [-0.4, -0.2) is 17.9 Å². The van der Waals surface area contributed by atoms with Crippen molar-refractivity contribution in [1.29, 1.82) is 0 Å².